The van der Waals surface area contributed by atoms with Crippen LogP contribution < -0.4 is 11.1 Å². The van der Waals surface area contributed by atoms with Crippen molar-refractivity contribution >= 4 is 22.7 Å². The molecule has 1 aromatic heterocycles. The van der Waals surface area contributed by atoms with Gasteiger partial charge >= 0.3 is 0 Å². The third-order valence-electron chi connectivity index (χ3n) is 4.36. The summed E-state index contributed by atoms with van der Waals surface area (Å²) in [6.07, 6.45) is 0.186. The summed E-state index contributed by atoms with van der Waals surface area (Å²) >= 11 is 0. The van der Waals surface area contributed by atoms with Gasteiger partial charge in [-0.05, 0) is 47.9 Å². The largest absolute Gasteiger partial charge is 0.370 e. The molecule has 3 aromatic rings. The van der Waals surface area contributed by atoms with Crippen LogP contribution in [0.15, 0.2) is 36.4 Å². The number of hydrogen-bond acceptors (Lipinski definition) is 2. The maximum absolute atomic E-state index is 14.2. The van der Waals surface area contributed by atoms with E-state index >= 15 is 0 Å². The zero-order chi connectivity index (χ0) is 20.3. The Kier molecular flexibility index (Phi) is 5.67. The Balaban J connectivity index is 1.90. The van der Waals surface area contributed by atoms with E-state index in [1.165, 1.54) is 30.3 Å². The number of halogens is 3. The van der Waals surface area contributed by atoms with Gasteiger partial charge in [-0.3, -0.25) is 9.59 Å². The van der Waals surface area contributed by atoms with Crippen LogP contribution in [0, 0.1) is 17.5 Å². The summed E-state index contributed by atoms with van der Waals surface area (Å²) in [7, 11) is 0. The van der Waals surface area contributed by atoms with Crippen molar-refractivity contribution in [3.63, 3.8) is 0 Å². The van der Waals surface area contributed by atoms with Gasteiger partial charge in [0.25, 0.3) is 0 Å². The van der Waals surface area contributed by atoms with Gasteiger partial charge in [0, 0.05) is 36.5 Å². The molecule has 0 fully saturated rings. The van der Waals surface area contributed by atoms with Crippen LogP contribution in [0.25, 0.3) is 22.2 Å². The molecule has 28 heavy (non-hydrogen) atoms. The van der Waals surface area contributed by atoms with E-state index in [2.05, 4.69) is 10.3 Å². The fourth-order valence-corrected chi connectivity index (χ4v) is 3.05. The maximum Gasteiger partial charge on any atom is 0.220 e. The predicted octanol–water partition coefficient (Wildman–Crippen LogP) is 3.18. The normalized spacial score (nSPS) is 11.0. The second-order valence-corrected chi connectivity index (χ2v) is 6.36. The van der Waals surface area contributed by atoms with Crippen molar-refractivity contribution in [3.05, 3.63) is 59.4 Å². The van der Waals surface area contributed by atoms with E-state index in [1.54, 1.807) is 0 Å². The third-order valence-corrected chi connectivity index (χ3v) is 4.36. The quantitative estimate of drug-likeness (QED) is 0.580. The van der Waals surface area contributed by atoms with Gasteiger partial charge in [0.05, 0.1) is 5.52 Å². The maximum atomic E-state index is 14.2. The lowest BCUT2D eigenvalue weighted by Gasteiger charge is -2.07. The Hall–Kier alpha value is -3.29. The first-order valence-corrected chi connectivity index (χ1v) is 8.65. The third kappa shape index (κ3) is 4.33. The SMILES string of the molecule is NC(=O)CCC(=O)NCCc1c(-c2ccc(F)cc2)[nH]c2c(F)cc(F)cc12. The number of fused-ring (bicyclic) bond motifs is 1. The number of H-pyrrole nitrogens is 1. The van der Waals surface area contributed by atoms with Crippen LogP contribution >= 0.6 is 0 Å². The molecule has 0 bridgehead atoms. The Bertz CT molecular complexity index is 1030. The number of aromatic nitrogens is 1. The van der Waals surface area contributed by atoms with Crippen molar-refractivity contribution in [3.8, 4) is 11.3 Å². The van der Waals surface area contributed by atoms with Crippen LogP contribution in [-0.4, -0.2) is 23.3 Å². The fraction of sp³-hybridized carbons (Fsp3) is 0.200. The van der Waals surface area contributed by atoms with Crippen molar-refractivity contribution in [2.45, 2.75) is 19.3 Å². The molecule has 0 spiro atoms. The van der Waals surface area contributed by atoms with Gasteiger partial charge in [-0.25, -0.2) is 13.2 Å². The number of nitrogens with one attached hydrogen (secondary N) is 2. The minimum Gasteiger partial charge on any atom is -0.370 e. The number of nitrogens with two attached hydrogens (primary N) is 1. The summed E-state index contributed by atoms with van der Waals surface area (Å²) < 4.78 is 41.2. The average molecular weight is 389 g/mol. The second kappa shape index (κ2) is 8.16. The lowest BCUT2D eigenvalue weighted by molar-refractivity contribution is -0.125. The molecule has 0 atom stereocenters. The molecule has 0 radical (unpaired) electrons. The van der Waals surface area contributed by atoms with E-state index in [0.717, 1.165) is 6.07 Å². The highest BCUT2D eigenvalue weighted by Crippen LogP contribution is 2.32. The molecule has 8 heteroatoms. The van der Waals surface area contributed by atoms with Crippen LogP contribution in [0.2, 0.25) is 0 Å². The van der Waals surface area contributed by atoms with Crippen LogP contribution in [0.5, 0.6) is 0 Å². The van der Waals surface area contributed by atoms with E-state index in [-0.39, 0.29) is 37.2 Å². The molecule has 0 unspecified atom stereocenters. The van der Waals surface area contributed by atoms with E-state index in [4.69, 9.17) is 5.73 Å². The van der Waals surface area contributed by atoms with Gasteiger partial charge in [0.15, 0.2) is 0 Å². The van der Waals surface area contributed by atoms with Gasteiger partial charge in [-0.15, -0.1) is 0 Å². The van der Waals surface area contributed by atoms with Crippen LogP contribution in [0.4, 0.5) is 13.2 Å². The number of rotatable bonds is 7. The van der Waals surface area contributed by atoms with E-state index < -0.39 is 23.4 Å². The Morgan fingerprint density at radius 1 is 1.00 bits per heavy atom. The van der Waals surface area contributed by atoms with E-state index in [0.29, 0.717) is 22.2 Å². The number of carbonyl (C=O) groups is 2. The molecule has 1 heterocycles. The van der Waals surface area contributed by atoms with E-state index in [9.17, 15) is 22.8 Å². The molecular weight excluding hydrogens is 371 g/mol. The van der Waals surface area contributed by atoms with Gasteiger partial charge in [-0.2, -0.15) is 0 Å². The van der Waals surface area contributed by atoms with Gasteiger partial charge in [0.1, 0.15) is 17.5 Å². The standard InChI is InChI=1S/C20H18F3N3O2/c21-12-3-1-11(2-4-12)19-14(7-8-25-18(28)6-5-17(24)27)15-9-13(22)10-16(23)20(15)26-19/h1-4,9-10,26H,5-8H2,(H2,24,27)(H,25,28). The van der Waals surface area contributed by atoms with Crippen molar-refractivity contribution in [2.24, 2.45) is 5.73 Å². The predicted molar refractivity (Wildman–Crippen MR) is 98.8 cm³/mol. The Labute approximate surface area is 158 Å². The topological polar surface area (TPSA) is 88.0 Å². The van der Waals surface area contributed by atoms with Crippen molar-refractivity contribution in [1.29, 1.82) is 0 Å². The smallest absolute Gasteiger partial charge is 0.220 e. The molecule has 2 amide bonds. The number of carbonyl (C=O) groups excluding carboxylic acids is 2. The minimum absolute atomic E-state index is 0.0305. The molecule has 0 saturated heterocycles. The van der Waals surface area contributed by atoms with Crippen molar-refractivity contribution in [2.75, 3.05) is 6.54 Å². The summed E-state index contributed by atoms with van der Waals surface area (Å²) in [6, 6.07) is 7.60. The summed E-state index contributed by atoms with van der Waals surface area (Å²) in [5.74, 6) is -2.80. The molecule has 0 aliphatic heterocycles. The zero-order valence-corrected chi connectivity index (χ0v) is 14.8. The monoisotopic (exact) mass is 389 g/mol. The molecule has 2 aromatic carbocycles. The number of hydrogen-bond donors (Lipinski definition) is 3. The first kappa shape index (κ1) is 19.5. The summed E-state index contributed by atoms with van der Waals surface area (Å²) in [4.78, 5) is 25.4. The number of primary amides is 1. The summed E-state index contributed by atoms with van der Waals surface area (Å²) in [5, 5.41) is 3.00. The second-order valence-electron chi connectivity index (χ2n) is 6.36. The fourth-order valence-electron chi connectivity index (χ4n) is 3.05. The van der Waals surface area contributed by atoms with E-state index in [1.807, 2.05) is 0 Å². The molecule has 5 nitrogen and oxygen atoms in total. The molecule has 3 rings (SSSR count). The first-order chi connectivity index (χ1) is 13.3. The van der Waals surface area contributed by atoms with Gasteiger partial charge in [0.2, 0.25) is 11.8 Å². The molecule has 146 valence electrons. The molecular formula is C20H18F3N3O2. The van der Waals surface area contributed by atoms with Gasteiger partial charge in [-0.1, -0.05) is 0 Å². The van der Waals surface area contributed by atoms with Crippen LogP contribution in [0.3, 0.4) is 0 Å². The van der Waals surface area contributed by atoms with Crippen LogP contribution in [0.1, 0.15) is 18.4 Å². The van der Waals surface area contributed by atoms with Crippen molar-refractivity contribution in [1.82, 2.24) is 10.3 Å². The lowest BCUT2D eigenvalue weighted by Crippen LogP contribution is -2.27. The lowest BCUT2D eigenvalue weighted by atomic mass is 10.0. The first-order valence-electron chi connectivity index (χ1n) is 8.65. The molecule has 0 saturated carbocycles. The minimum atomic E-state index is -0.741. The number of aromatic amines is 1. The average Bonchev–Trinajstić information content (AvgIpc) is 2.99. The highest BCUT2D eigenvalue weighted by Gasteiger charge is 2.17. The highest BCUT2D eigenvalue weighted by atomic mass is 19.1. The molecule has 0 aliphatic carbocycles. The zero-order valence-electron chi connectivity index (χ0n) is 14.8. The summed E-state index contributed by atoms with van der Waals surface area (Å²) in [6.45, 7) is 0.191. The summed E-state index contributed by atoms with van der Waals surface area (Å²) in [5.41, 5.74) is 6.86. The molecule has 0 aliphatic rings. The Morgan fingerprint density at radius 3 is 2.39 bits per heavy atom. The van der Waals surface area contributed by atoms with Crippen LogP contribution in [-0.2, 0) is 16.0 Å². The molecule has 4 N–H and O–H groups in total. The highest BCUT2D eigenvalue weighted by molar-refractivity contribution is 5.91. The number of amides is 2. The van der Waals surface area contributed by atoms with Gasteiger partial charge < -0.3 is 16.0 Å². The van der Waals surface area contributed by atoms with Crippen molar-refractivity contribution < 1.29 is 22.8 Å². The number of benzene rings is 2. The Morgan fingerprint density at radius 2 is 1.71 bits per heavy atom.